The molecular formula is C24H21ClF2N6O. The molecule has 174 valence electrons. The molecule has 0 radical (unpaired) electrons. The summed E-state index contributed by atoms with van der Waals surface area (Å²) in [6.07, 6.45) is 6.01. The van der Waals surface area contributed by atoms with Gasteiger partial charge in [-0.25, -0.2) is 23.7 Å². The van der Waals surface area contributed by atoms with Crippen LogP contribution in [-0.4, -0.2) is 50.4 Å². The molecule has 5 rings (SSSR count). The van der Waals surface area contributed by atoms with Crippen LogP contribution < -0.4 is 5.32 Å². The zero-order valence-corrected chi connectivity index (χ0v) is 18.8. The summed E-state index contributed by atoms with van der Waals surface area (Å²) in [6.45, 7) is 1.43. The number of hydrogen-bond acceptors (Lipinski definition) is 5. The van der Waals surface area contributed by atoms with Crippen molar-refractivity contribution in [3.63, 3.8) is 0 Å². The number of carbonyl (C=O) groups excluding carboxylic acids is 1. The molecule has 1 atom stereocenters. The molecule has 1 aromatic carbocycles. The van der Waals surface area contributed by atoms with Gasteiger partial charge in [-0.2, -0.15) is 0 Å². The van der Waals surface area contributed by atoms with E-state index in [0.717, 1.165) is 24.4 Å². The molecule has 1 fully saturated rings. The zero-order chi connectivity index (χ0) is 23.7. The summed E-state index contributed by atoms with van der Waals surface area (Å²) in [7, 11) is 0. The maximum absolute atomic E-state index is 14.5. The van der Waals surface area contributed by atoms with Crippen molar-refractivity contribution in [1.82, 2.24) is 24.8 Å². The predicted octanol–water partition coefficient (Wildman–Crippen LogP) is 4.92. The smallest absolute Gasteiger partial charge is 0.256 e. The van der Waals surface area contributed by atoms with E-state index in [1.165, 1.54) is 18.3 Å². The van der Waals surface area contributed by atoms with Crippen LogP contribution in [0.4, 0.5) is 14.6 Å². The maximum atomic E-state index is 14.5. The number of aromatic nitrogens is 4. The van der Waals surface area contributed by atoms with Gasteiger partial charge in [-0.15, -0.1) is 0 Å². The topological polar surface area (TPSA) is 86.8 Å². The van der Waals surface area contributed by atoms with E-state index in [4.69, 9.17) is 11.6 Å². The lowest BCUT2D eigenvalue weighted by Crippen LogP contribution is -2.42. The Bertz CT molecular complexity index is 1360. The normalized spacial score (nSPS) is 16.1. The molecule has 1 aliphatic rings. The fraction of sp³-hybridized carbons (Fsp3) is 0.250. The van der Waals surface area contributed by atoms with Gasteiger partial charge >= 0.3 is 0 Å². The minimum atomic E-state index is -0.574. The molecule has 0 spiro atoms. The predicted molar refractivity (Wildman–Crippen MR) is 126 cm³/mol. The highest BCUT2D eigenvalue weighted by atomic mass is 35.5. The fourth-order valence-corrected chi connectivity index (χ4v) is 4.40. The summed E-state index contributed by atoms with van der Waals surface area (Å²) in [4.78, 5) is 30.2. The highest BCUT2D eigenvalue weighted by Crippen LogP contribution is 2.28. The van der Waals surface area contributed by atoms with E-state index in [2.05, 4.69) is 25.3 Å². The maximum Gasteiger partial charge on any atom is 0.256 e. The highest BCUT2D eigenvalue weighted by Gasteiger charge is 2.26. The number of rotatable bonds is 5. The third-order valence-electron chi connectivity index (χ3n) is 5.95. The number of hydrogen-bond donors (Lipinski definition) is 2. The average molecular weight is 483 g/mol. The van der Waals surface area contributed by atoms with E-state index < -0.39 is 11.6 Å². The molecule has 0 saturated carbocycles. The Morgan fingerprint density at radius 1 is 1.21 bits per heavy atom. The summed E-state index contributed by atoms with van der Waals surface area (Å²) < 4.78 is 28.5. The number of pyridine rings is 1. The molecule has 1 amide bonds. The quantitative estimate of drug-likeness (QED) is 0.422. The van der Waals surface area contributed by atoms with Crippen molar-refractivity contribution >= 4 is 34.4 Å². The summed E-state index contributed by atoms with van der Waals surface area (Å²) in [5.74, 6) is -0.957. The molecule has 1 unspecified atom stereocenters. The molecule has 10 heteroatoms. The van der Waals surface area contributed by atoms with Crippen LogP contribution in [0.2, 0.25) is 5.02 Å². The molecule has 3 aromatic heterocycles. The Morgan fingerprint density at radius 3 is 2.91 bits per heavy atom. The van der Waals surface area contributed by atoms with Crippen molar-refractivity contribution in [3.8, 4) is 11.4 Å². The first-order valence-electron chi connectivity index (χ1n) is 10.9. The van der Waals surface area contributed by atoms with Gasteiger partial charge in [0.25, 0.3) is 5.91 Å². The van der Waals surface area contributed by atoms with Crippen LogP contribution in [0, 0.1) is 17.6 Å². The number of nitrogens with zero attached hydrogens (tertiary/aromatic N) is 4. The second-order valence-corrected chi connectivity index (χ2v) is 8.70. The van der Waals surface area contributed by atoms with Gasteiger partial charge in [-0.05, 0) is 37.0 Å². The van der Waals surface area contributed by atoms with Gasteiger partial charge in [-0.3, -0.25) is 4.79 Å². The molecule has 1 saturated heterocycles. The molecule has 1 aliphatic heterocycles. The number of nitrogens with one attached hydrogen (secondary N) is 2. The van der Waals surface area contributed by atoms with Crippen molar-refractivity contribution in [2.24, 2.45) is 5.92 Å². The number of likely N-dealkylation sites (tertiary alicyclic amines) is 1. The van der Waals surface area contributed by atoms with Crippen molar-refractivity contribution in [2.45, 2.75) is 12.8 Å². The van der Waals surface area contributed by atoms with Gasteiger partial charge in [0.05, 0.1) is 16.8 Å². The van der Waals surface area contributed by atoms with E-state index in [9.17, 15) is 13.6 Å². The van der Waals surface area contributed by atoms with E-state index >= 15 is 0 Å². The molecule has 0 aliphatic carbocycles. The number of H-pyrrole nitrogens is 1. The van der Waals surface area contributed by atoms with E-state index in [1.807, 2.05) is 0 Å². The molecule has 34 heavy (non-hydrogen) atoms. The van der Waals surface area contributed by atoms with Gasteiger partial charge in [0.2, 0.25) is 0 Å². The number of halogens is 3. The number of carbonyl (C=O) groups is 1. The van der Waals surface area contributed by atoms with Gasteiger partial charge in [0, 0.05) is 43.0 Å². The van der Waals surface area contributed by atoms with Crippen molar-refractivity contribution < 1.29 is 13.6 Å². The summed E-state index contributed by atoms with van der Waals surface area (Å²) in [5, 5.41) is 4.27. The van der Waals surface area contributed by atoms with Gasteiger partial charge in [-0.1, -0.05) is 23.7 Å². The highest BCUT2D eigenvalue weighted by molar-refractivity contribution is 6.31. The van der Waals surface area contributed by atoms with E-state index in [1.54, 1.807) is 29.3 Å². The lowest BCUT2D eigenvalue weighted by molar-refractivity contribution is 0.0675. The number of anilines is 1. The molecule has 7 nitrogen and oxygen atoms in total. The minimum absolute atomic E-state index is 0.0657. The Labute approximate surface area is 199 Å². The molecule has 2 N–H and O–H groups in total. The first-order chi connectivity index (χ1) is 16.5. The average Bonchev–Trinajstić information content (AvgIpc) is 3.26. The second kappa shape index (κ2) is 9.34. The van der Waals surface area contributed by atoms with Crippen LogP contribution >= 0.6 is 11.6 Å². The van der Waals surface area contributed by atoms with Gasteiger partial charge in [0.15, 0.2) is 17.5 Å². The number of piperidine rings is 1. The Kier molecular flexibility index (Phi) is 6.10. The lowest BCUT2D eigenvalue weighted by atomic mass is 9.97. The van der Waals surface area contributed by atoms with Gasteiger partial charge in [0.1, 0.15) is 11.5 Å². The number of aromatic amines is 1. The van der Waals surface area contributed by atoms with E-state index in [-0.39, 0.29) is 23.2 Å². The Morgan fingerprint density at radius 2 is 2.06 bits per heavy atom. The lowest BCUT2D eigenvalue weighted by Gasteiger charge is -2.33. The number of amides is 1. The van der Waals surface area contributed by atoms with Crippen LogP contribution in [0.1, 0.15) is 23.2 Å². The Hall–Kier alpha value is -3.59. The molecule has 4 aromatic rings. The summed E-state index contributed by atoms with van der Waals surface area (Å²) in [5.41, 5.74) is 1.35. The number of fused-ring (bicyclic) bond motifs is 1. The number of benzene rings is 1. The van der Waals surface area contributed by atoms with Gasteiger partial charge < -0.3 is 15.2 Å². The van der Waals surface area contributed by atoms with E-state index in [0.29, 0.717) is 41.7 Å². The van der Waals surface area contributed by atoms with Crippen LogP contribution in [-0.2, 0) is 0 Å². The largest absolute Gasteiger partial charge is 0.367 e. The van der Waals surface area contributed by atoms with Crippen LogP contribution in [0.5, 0.6) is 0 Å². The van der Waals surface area contributed by atoms with Crippen molar-refractivity contribution in [3.05, 3.63) is 71.1 Å². The SMILES string of the molecule is O=C(c1ccccc1F)N1CCCC(CNc2nc(-c3c[nH]c4ncc(Cl)cc34)ncc2F)C1. The minimum Gasteiger partial charge on any atom is -0.367 e. The van der Waals surface area contributed by atoms with Crippen LogP contribution in [0.25, 0.3) is 22.4 Å². The van der Waals surface area contributed by atoms with Crippen molar-refractivity contribution in [1.29, 1.82) is 0 Å². The first-order valence-corrected chi connectivity index (χ1v) is 11.3. The van der Waals surface area contributed by atoms with Crippen LogP contribution in [0.15, 0.2) is 48.9 Å². The third-order valence-corrected chi connectivity index (χ3v) is 6.16. The van der Waals surface area contributed by atoms with Crippen molar-refractivity contribution in [2.75, 3.05) is 25.0 Å². The molecule has 0 bridgehead atoms. The zero-order valence-electron chi connectivity index (χ0n) is 18.1. The standard InChI is InChI=1S/C24H21ClF2N6O/c25-15-8-17-18(11-30-21(17)29-10-15)22-31-12-20(27)23(32-22)28-9-14-4-3-7-33(13-14)24(34)16-5-1-2-6-19(16)26/h1-2,5-6,8,10-12,14H,3-4,7,9,13H2,(H,29,30)(H,28,31,32). The summed E-state index contributed by atoms with van der Waals surface area (Å²) >= 11 is 6.07. The summed E-state index contributed by atoms with van der Waals surface area (Å²) in [6, 6.07) is 7.72. The molecule has 4 heterocycles. The third kappa shape index (κ3) is 4.43. The first kappa shape index (κ1) is 22.2. The monoisotopic (exact) mass is 482 g/mol. The Balaban J connectivity index is 1.30. The molecular weight excluding hydrogens is 462 g/mol. The fourth-order valence-electron chi connectivity index (χ4n) is 4.25. The second-order valence-electron chi connectivity index (χ2n) is 8.26. The van der Waals surface area contributed by atoms with Crippen LogP contribution in [0.3, 0.4) is 0 Å².